The van der Waals surface area contributed by atoms with Crippen molar-refractivity contribution in [3.8, 4) is 28.5 Å². The molecule has 1 saturated heterocycles. The topological polar surface area (TPSA) is 107 Å². The third-order valence-corrected chi connectivity index (χ3v) is 8.30. The molecule has 1 amide bonds. The molecule has 2 aromatic carbocycles. The van der Waals surface area contributed by atoms with Crippen LogP contribution >= 0.6 is 11.6 Å². The van der Waals surface area contributed by atoms with Gasteiger partial charge < -0.3 is 24.6 Å². The van der Waals surface area contributed by atoms with Crippen molar-refractivity contribution in [1.29, 1.82) is 0 Å². The van der Waals surface area contributed by atoms with Gasteiger partial charge in [0.1, 0.15) is 22.9 Å². The van der Waals surface area contributed by atoms with Crippen LogP contribution in [-0.4, -0.2) is 48.1 Å². The molecule has 0 aliphatic carbocycles. The van der Waals surface area contributed by atoms with Crippen molar-refractivity contribution in [2.45, 2.75) is 63.6 Å². The maximum atomic E-state index is 14.0. The van der Waals surface area contributed by atoms with E-state index in [1.807, 2.05) is 6.07 Å². The molecule has 2 aliphatic heterocycles. The van der Waals surface area contributed by atoms with E-state index in [1.165, 1.54) is 19.2 Å². The zero-order valence-electron chi connectivity index (χ0n) is 24.1. The summed E-state index contributed by atoms with van der Waals surface area (Å²) in [7, 11) is 1.47. The number of aliphatic hydroxyl groups is 1. The molecule has 3 aromatic rings. The number of ketones is 1. The second-order valence-electron chi connectivity index (χ2n) is 11.6. The lowest BCUT2D eigenvalue weighted by molar-refractivity contribution is -0.124. The standard InChI is InChI=1S/C32H34ClFN2O6/c1-31(2)12-14-41-29-20(31)17-27(36-28(29)19-5-7-22(34)21(33)15-19)32(3,39)11-9-23(37)18-6-8-24(26(16-18)40-4)42-25-10-13-35-30(25)38/h5-8,15-17,25,39H,9-14H2,1-4H3,(H,35,38). The zero-order valence-corrected chi connectivity index (χ0v) is 24.8. The van der Waals surface area contributed by atoms with E-state index in [1.54, 1.807) is 31.2 Å². The molecule has 8 nitrogen and oxygen atoms in total. The summed E-state index contributed by atoms with van der Waals surface area (Å²) in [6.07, 6.45) is 0.822. The highest BCUT2D eigenvalue weighted by atomic mass is 35.5. The summed E-state index contributed by atoms with van der Waals surface area (Å²) in [6, 6.07) is 11.0. The number of nitrogens with one attached hydrogen (secondary N) is 1. The first-order chi connectivity index (χ1) is 19.9. The van der Waals surface area contributed by atoms with Crippen LogP contribution in [0.15, 0.2) is 42.5 Å². The van der Waals surface area contributed by atoms with Crippen molar-refractivity contribution in [2.24, 2.45) is 0 Å². The Morgan fingerprint density at radius 2 is 2.02 bits per heavy atom. The molecular formula is C32H34ClFN2O6. The van der Waals surface area contributed by atoms with Crippen LogP contribution in [-0.2, 0) is 15.8 Å². The minimum atomic E-state index is -1.47. The molecule has 0 bridgehead atoms. The SMILES string of the molecule is COc1cc(C(=O)CCC(C)(O)c2cc3c(c(-c4ccc(F)c(Cl)c4)n2)OCCC3(C)C)ccc1OC1CCNC1=O. The number of hydrogen-bond donors (Lipinski definition) is 2. The lowest BCUT2D eigenvalue weighted by Gasteiger charge is -2.35. The van der Waals surface area contributed by atoms with Gasteiger partial charge in [-0.15, -0.1) is 0 Å². The van der Waals surface area contributed by atoms with Gasteiger partial charge in [0.2, 0.25) is 0 Å². The average molecular weight is 597 g/mol. The number of fused-ring (bicyclic) bond motifs is 1. The summed E-state index contributed by atoms with van der Waals surface area (Å²) in [4.78, 5) is 29.9. The second-order valence-corrected chi connectivity index (χ2v) is 12.0. The van der Waals surface area contributed by atoms with Crippen molar-refractivity contribution in [3.63, 3.8) is 0 Å². The number of methoxy groups -OCH3 is 1. The maximum absolute atomic E-state index is 14.0. The number of aromatic nitrogens is 1. The highest BCUT2D eigenvalue weighted by Crippen LogP contribution is 2.45. The number of carbonyl (C=O) groups excluding carboxylic acids is 2. The molecule has 1 fully saturated rings. The summed E-state index contributed by atoms with van der Waals surface area (Å²) < 4.78 is 31.2. The Labute approximate surface area is 249 Å². The van der Waals surface area contributed by atoms with Crippen LogP contribution in [0, 0.1) is 5.82 Å². The molecule has 5 rings (SSSR count). The molecule has 2 aliphatic rings. The lowest BCUT2D eigenvalue weighted by Crippen LogP contribution is -2.30. The Hall–Kier alpha value is -3.69. The number of amides is 1. The van der Waals surface area contributed by atoms with Gasteiger partial charge in [-0.1, -0.05) is 25.4 Å². The van der Waals surface area contributed by atoms with Gasteiger partial charge in [-0.05, 0) is 67.6 Å². The first-order valence-electron chi connectivity index (χ1n) is 13.9. The van der Waals surface area contributed by atoms with Gasteiger partial charge in [-0.25, -0.2) is 9.37 Å². The number of Topliss-reactive ketones (excluding diaryl/α,β-unsaturated/α-hetero) is 1. The number of pyridine rings is 1. The van der Waals surface area contributed by atoms with Crippen LogP contribution in [0.2, 0.25) is 5.02 Å². The van der Waals surface area contributed by atoms with E-state index in [2.05, 4.69) is 19.2 Å². The van der Waals surface area contributed by atoms with Crippen molar-refractivity contribution < 1.29 is 33.3 Å². The Bertz CT molecular complexity index is 1540. The number of benzene rings is 2. The molecule has 10 heteroatoms. The van der Waals surface area contributed by atoms with Crippen molar-refractivity contribution >= 4 is 23.3 Å². The predicted octanol–water partition coefficient (Wildman–Crippen LogP) is 5.75. The highest BCUT2D eigenvalue weighted by molar-refractivity contribution is 6.31. The highest BCUT2D eigenvalue weighted by Gasteiger charge is 2.36. The molecule has 2 unspecified atom stereocenters. The van der Waals surface area contributed by atoms with Crippen LogP contribution in [0.5, 0.6) is 17.2 Å². The van der Waals surface area contributed by atoms with Gasteiger partial charge >= 0.3 is 0 Å². The normalized spacial score (nSPS) is 18.8. The lowest BCUT2D eigenvalue weighted by atomic mass is 9.78. The van der Waals surface area contributed by atoms with Gasteiger partial charge in [0, 0.05) is 36.1 Å². The van der Waals surface area contributed by atoms with Gasteiger partial charge in [0.25, 0.3) is 5.91 Å². The van der Waals surface area contributed by atoms with Crippen molar-refractivity contribution in [1.82, 2.24) is 10.3 Å². The number of rotatable bonds is 9. The quantitative estimate of drug-likeness (QED) is 0.303. The van der Waals surface area contributed by atoms with E-state index >= 15 is 0 Å². The summed E-state index contributed by atoms with van der Waals surface area (Å²) in [5.74, 6) is 0.362. The number of nitrogens with zero attached hydrogens (tertiary/aromatic N) is 1. The van der Waals surface area contributed by atoms with E-state index in [0.29, 0.717) is 59.3 Å². The fourth-order valence-corrected chi connectivity index (χ4v) is 5.43. The fourth-order valence-electron chi connectivity index (χ4n) is 5.24. The Morgan fingerprint density at radius 1 is 1.24 bits per heavy atom. The van der Waals surface area contributed by atoms with E-state index < -0.39 is 17.5 Å². The van der Waals surface area contributed by atoms with E-state index in [0.717, 1.165) is 12.0 Å². The summed E-state index contributed by atoms with van der Waals surface area (Å²) in [6.45, 7) is 6.85. The van der Waals surface area contributed by atoms with Crippen LogP contribution in [0.3, 0.4) is 0 Å². The number of halogens is 2. The molecule has 2 N–H and O–H groups in total. The summed E-state index contributed by atoms with van der Waals surface area (Å²) in [5, 5.41) is 14.3. The minimum absolute atomic E-state index is 0.0256. The van der Waals surface area contributed by atoms with Crippen LogP contribution in [0.1, 0.15) is 68.1 Å². The molecule has 1 aromatic heterocycles. The van der Waals surface area contributed by atoms with Gasteiger partial charge in [0.15, 0.2) is 23.4 Å². The summed E-state index contributed by atoms with van der Waals surface area (Å²) >= 11 is 6.09. The Morgan fingerprint density at radius 3 is 2.71 bits per heavy atom. The number of ether oxygens (including phenoxy) is 3. The molecule has 0 spiro atoms. The van der Waals surface area contributed by atoms with Crippen LogP contribution in [0.4, 0.5) is 4.39 Å². The van der Waals surface area contributed by atoms with Crippen molar-refractivity contribution in [3.05, 3.63) is 70.1 Å². The Kier molecular flexibility index (Phi) is 8.18. The second kappa shape index (κ2) is 11.5. The average Bonchev–Trinajstić information content (AvgIpc) is 3.36. The van der Waals surface area contributed by atoms with E-state index in [4.69, 9.17) is 30.8 Å². The monoisotopic (exact) mass is 596 g/mol. The third kappa shape index (κ3) is 5.94. The summed E-state index contributed by atoms with van der Waals surface area (Å²) in [5.41, 5.74) is 0.917. The molecule has 0 saturated carbocycles. The molecule has 2 atom stereocenters. The largest absolute Gasteiger partial charge is 0.493 e. The smallest absolute Gasteiger partial charge is 0.261 e. The molecule has 3 heterocycles. The van der Waals surface area contributed by atoms with Gasteiger partial charge in [-0.2, -0.15) is 0 Å². The third-order valence-electron chi connectivity index (χ3n) is 8.01. The minimum Gasteiger partial charge on any atom is -0.493 e. The molecular weight excluding hydrogens is 563 g/mol. The number of carbonyl (C=O) groups is 2. The molecule has 222 valence electrons. The number of hydrogen-bond acceptors (Lipinski definition) is 7. The Balaban J connectivity index is 1.40. The van der Waals surface area contributed by atoms with Gasteiger partial charge in [-0.3, -0.25) is 9.59 Å². The first kappa shape index (κ1) is 29.8. The van der Waals surface area contributed by atoms with Crippen molar-refractivity contribution in [2.75, 3.05) is 20.3 Å². The first-order valence-corrected chi connectivity index (χ1v) is 14.3. The van der Waals surface area contributed by atoms with Gasteiger partial charge in [0.05, 0.1) is 24.4 Å². The van der Waals surface area contributed by atoms with Crippen LogP contribution in [0.25, 0.3) is 11.3 Å². The van der Waals surface area contributed by atoms with Crippen LogP contribution < -0.4 is 19.5 Å². The molecule has 0 radical (unpaired) electrons. The maximum Gasteiger partial charge on any atom is 0.261 e. The van der Waals surface area contributed by atoms with E-state index in [9.17, 15) is 19.1 Å². The fraction of sp³-hybridized carbons (Fsp3) is 0.406. The zero-order chi connectivity index (χ0) is 30.2. The molecule has 42 heavy (non-hydrogen) atoms. The van der Waals surface area contributed by atoms with E-state index in [-0.39, 0.29) is 35.0 Å². The predicted molar refractivity (Wildman–Crippen MR) is 156 cm³/mol.